The molecule has 0 spiro atoms. The fraction of sp³-hybridized carbons (Fsp3) is 0.0526. The first-order valence-electron chi connectivity index (χ1n) is 13.9. The third-order valence-electron chi connectivity index (χ3n) is 7.83. The number of aromatic hydroxyl groups is 1. The molecule has 7 rings (SSSR count). The molecule has 1 heterocycles. The van der Waals surface area contributed by atoms with Crippen molar-refractivity contribution in [2.75, 3.05) is 4.90 Å². The van der Waals surface area contributed by atoms with Crippen LogP contribution in [0.2, 0.25) is 0 Å². The largest absolute Gasteiger partial charge is 2.00 e. The van der Waals surface area contributed by atoms with Crippen LogP contribution in [0.4, 0.5) is 11.4 Å². The number of para-hydroxylation sites is 3. The molecule has 0 aliphatic heterocycles. The van der Waals surface area contributed by atoms with Gasteiger partial charge in [-0.15, -0.1) is 35.9 Å². The van der Waals surface area contributed by atoms with Crippen molar-refractivity contribution in [3.05, 3.63) is 168 Å². The van der Waals surface area contributed by atoms with E-state index < -0.39 is 5.54 Å². The van der Waals surface area contributed by atoms with Gasteiger partial charge in [-0.25, -0.2) is 0 Å². The summed E-state index contributed by atoms with van der Waals surface area (Å²) >= 11 is 0. The van der Waals surface area contributed by atoms with Crippen LogP contribution >= 0.6 is 0 Å². The molecule has 43 heavy (non-hydrogen) atoms. The Morgan fingerprint density at radius 2 is 1.33 bits per heavy atom. The van der Waals surface area contributed by atoms with E-state index in [0.717, 1.165) is 50.5 Å². The number of pyridine rings is 1. The van der Waals surface area contributed by atoms with E-state index in [1.54, 1.807) is 6.07 Å². The standard InChI is InChI=1S/C38H27N3O.Pt/c1-27-14-5-10-22-34(27)41(35-23-11-12-24-36(35)42)26-39-38(37-25-13-21-33(40-37)28-15-3-2-4-16-28)31-19-8-6-17-29(31)30-18-7-9-20-32(30)38;/h2-15,17-25,42H,1H3;/q-2;+2. The number of rotatable bonds is 6. The normalized spacial score (nSPS) is 12.8. The molecule has 0 amide bonds. The Balaban J connectivity index is 0.00000329. The first-order chi connectivity index (χ1) is 20.7. The second-order valence-electron chi connectivity index (χ2n) is 10.3. The minimum absolute atomic E-state index is 0. The molecule has 0 saturated heterocycles. The number of aromatic nitrogens is 1. The van der Waals surface area contributed by atoms with Crippen molar-refractivity contribution in [2.24, 2.45) is 4.99 Å². The van der Waals surface area contributed by atoms with Crippen LogP contribution in [0.3, 0.4) is 0 Å². The van der Waals surface area contributed by atoms with E-state index in [2.05, 4.69) is 48.8 Å². The van der Waals surface area contributed by atoms with Gasteiger partial charge in [-0.2, -0.15) is 0 Å². The van der Waals surface area contributed by atoms with Crippen molar-refractivity contribution >= 4 is 17.7 Å². The fourth-order valence-corrected chi connectivity index (χ4v) is 5.83. The Hall–Kier alpha value is -4.79. The van der Waals surface area contributed by atoms with Crippen LogP contribution < -0.4 is 4.90 Å². The molecule has 1 aliphatic rings. The molecular weight excluding hydrogens is 710 g/mol. The van der Waals surface area contributed by atoms with Gasteiger partial charge in [-0.05, 0) is 52.7 Å². The molecule has 0 bridgehead atoms. The van der Waals surface area contributed by atoms with Crippen molar-refractivity contribution in [3.8, 4) is 28.1 Å². The van der Waals surface area contributed by atoms with Crippen LogP contribution in [0, 0.1) is 13.0 Å². The smallest absolute Gasteiger partial charge is 0.519 e. The molecule has 0 unspecified atom stereocenters. The average molecular weight is 737 g/mol. The summed E-state index contributed by atoms with van der Waals surface area (Å²) in [6.07, 6.45) is 3.41. The number of fused-ring (bicyclic) bond motifs is 3. The van der Waals surface area contributed by atoms with Crippen LogP contribution in [-0.2, 0) is 26.6 Å². The number of benzene rings is 5. The number of phenols is 1. The first kappa shape index (κ1) is 28.3. The molecule has 1 aromatic heterocycles. The monoisotopic (exact) mass is 736 g/mol. The van der Waals surface area contributed by atoms with Gasteiger partial charge in [0.15, 0.2) is 0 Å². The molecule has 4 nitrogen and oxygen atoms in total. The minimum Gasteiger partial charge on any atom is -0.519 e. The summed E-state index contributed by atoms with van der Waals surface area (Å²) < 4.78 is 0. The maximum Gasteiger partial charge on any atom is 2.00 e. The van der Waals surface area contributed by atoms with Crippen LogP contribution in [0.1, 0.15) is 22.4 Å². The van der Waals surface area contributed by atoms with E-state index >= 15 is 0 Å². The van der Waals surface area contributed by atoms with Gasteiger partial charge in [-0.1, -0.05) is 114 Å². The van der Waals surface area contributed by atoms with E-state index in [9.17, 15) is 5.11 Å². The van der Waals surface area contributed by atoms with Crippen LogP contribution in [0.5, 0.6) is 5.75 Å². The maximum atomic E-state index is 10.9. The van der Waals surface area contributed by atoms with E-state index in [-0.39, 0.29) is 26.8 Å². The van der Waals surface area contributed by atoms with Crippen molar-refractivity contribution in [3.63, 3.8) is 0 Å². The number of aryl methyl sites for hydroxylation is 1. The predicted octanol–water partition coefficient (Wildman–Crippen LogP) is 8.58. The fourth-order valence-electron chi connectivity index (χ4n) is 5.83. The van der Waals surface area contributed by atoms with Crippen molar-refractivity contribution in [1.82, 2.24) is 4.98 Å². The quantitative estimate of drug-likeness (QED) is 0.0808. The van der Waals surface area contributed by atoms with Gasteiger partial charge in [0.05, 0.1) is 11.4 Å². The first-order valence-corrected chi connectivity index (χ1v) is 13.9. The SMILES string of the molecule is Cc1ccccc1N([C-]=NC1(c2cccc(-c3[c-]cccc3)n2)c2ccccc2-c2ccccc21)c1ccccc1O.[Pt+2]. The third kappa shape index (κ3) is 4.88. The summed E-state index contributed by atoms with van der Waals surface area (Å²) in [5.74, 6) is 0.143. The summed E-state index contributed by atoms with van der Waals surface area (Å²) in [5.41, 5.74) is 8.31. The van der Waals surface area contributed by atoms with Crippen LogP contribution in [0.15, 0.2) is 145 Å². The summed E-state index contributed by atoms with van der Waals surface area (Å²) in [5, 5.41) is 10.9. The number of phenolic OH excluding ortho intramolecular Hbond substituents is 1. The molecule has 6 aromatic rings. The molecule has 0 radical (unpaired) electrons. The number of hydrogen-bond acceptors (Lipinski definition) is 3. The second kappa shape index (κ2) is 11.8. The van der Waals surface area contributed by atoms with Gasteiger partial charge >= 0.3 is 21.1 Å². The summed E-state index contributed by atoms with van der Waals surface area (Å²) in [6.45, 7) is 2.04. The topological polar surface area (TPSA) is 48.7 Å². The predicted molar refractivity (Wildman–Crippen MR) is 169 cm³/mol. The Morgan fingerprint density at radius 1 is 0.698 bits per heavy atom. The zero-order valence-electron chi connectivity index (χ0n) is 23.4. The maximum absolute atomic E-state index is 10.9. The molecule has 0 atom stereocenters. The zero-order chi connectivity index (χ0) is 28.5. The van der Waals surface area contributed by atoms with E-state index in [1.807, 2.05) is 109 Å². The Kier molecular flexibility index (Phi) is 7.80. The molecular formula is C38H27N3OPt. The van der Waals surface area contributed by atoms with Crippen LogP contribution in [-0.4, -0.2) is 16.4 Å². The molecule has 210 valence electrons. The number of aliphatic imine (C=N–C) groups is 1. The molecule has 0 saturated carbocycles. The summed E-state index contributed by atoms with van der Waals surface area (Å²) in [6, 6.07) is 49.3. The van der Waals surface area contributed by atoms with Crippen LogP contribution in [0.25, 0.3) is 22.4 Å². The molecule has 5 heteroatoms. The van der Waals surface area contributed by atoms with E-state index in [0.29, 0.717) is 5.69 Å². The molecule has 0 fully saturated rings. The second-order valence-corrected chi connectivity index (χ2v) is 10.3. The van der Waals surface area contributed by atoms with Gasteiger partial charge < -0.3 is 15.0 Å². The van der Waals surface area contributed by atoms with Gasteiger partial charge in [0.25, 0.3) is 0 Å². The molecule has 1 N–H and O–H groups in total. The van der Waals surface area contributed by atoms with E-state index in [1.165, 1.54) is 0 Å². The van der Waals surface area contributed by atoms with Gasteiger partial charge in [-0.3, -0.25) is 4.98 Å². The average Bonchev–Trinajstić information content (AvgIpc) is 3.34. The Labute approximate surface area is 266 Å². The zero-order valence-corrected chi connectivity index (χ0v) is 25.7. The number of hydrogen-bond donors (Lipinski definition) is 1. The van der Waals surface area contributed by atoms with Gasteiger partial charge in [0.2, 0.25) is 0 Å². The van der Waals surface area contributed by atoms with E-state index in [4.69, 9.17) is 9.98 Å². The number of nitrogens with zero attached hydrogens (tertiary/aromatic N) is 3. The van der Waals surface area contributed by atoms with Gasteiger partial charge in [0.1, 0.15) is 5.54 Å². The molecule has 5 aromatic carbocycles. The summed E-state index contributed by atoms with van der Waals surface area (Å²) in [7, 11) is 0. The third-order valence-corrected chi connectivity index (χ3v) is 7.83. The number of anilines is 2. The van der Waals surface area contributed by atoms with Gasteiger partial charge in [0, 0.05) is 6.34 Å². The summed E-state index contributed by atoms with van der Waals surface area (Å²) in [4.78, 5) is 12.4. The van der Waals surface area contributed by atoms with Crippen molar-refractivity contribution in [1.29, 1.82) is 0 Å². The Bertz CT molecular complexity index is 1840. The Morgan fingerprint density at radius 3 is 2.00 bits per heavy atom. The minimum atomic E-state index is -0.983. The van der Waals surface area contributed by atoms with Crippen molar-refractivity contribution < 1.29 is 26.2 Å². The van der Waals surface area contributed by atoms with Crippen molar-refractivity contribution in [2.45, 2.75) is 12.5 Å². The molecule has 1 aliphatic carbocycles.